The van der Waals surface area contributed by atoms with Crippen LogP contribution in [-0.2, 0) is 4.74 Å². The molecule has 0 spiro atoms. The molecule has 120 valence electrons. The van der Waals surface area contributed by atoms with Gasteiger partial charge in [0.2, 0.25) is 6.23 Å². The first-order valence-corrected chi connectivity index (χ1v) is 7.80. The summed E-state index contributed by atoms with van der Waals surface area (Å²) in [6, 6.07) is 14.6. The Balaban J connectivity index is 1.78. The maximum Gasteiger partial charge on any atom is 0.342 e. The van der Waals surface area contributed by atoms with Gasteiger partial charge in [0.25, 0.3) is 0 Å². The normalized spacial score (nSPS) is 16.2. The second-order valence-electron chi connectivity index (χ2n) is 5.49. The molecule has 1 N–H and O–H groups in total. The Hall–Kier alpha value is -2.79. The Morgan fingerprint density at radius 2 is 1.96 bits per heavy atom. The molecular weight excluding hydrogens is 328 g/mol. The molecular formula is C18H13ClN2O3. The molecule has 0 radical (unpaired) electrons. The van der Waals surface area contributed by atoms with E-state index in [-0.39, 0.29) is 0 Å². The lowest BCUT2D eigenvalue weighted by molar-refractivity contribution is 0.0329. The van der Waals surface area contributed by atoms with Crippen molar-refractivity contribution in [2.24, 2.45) is 0 Å². The number of nitrogens with one attached hydrogen (secondary N) is 1. The van der Waals surface area contributed by atoms with Gasteiger partial charge in [-0.3, -0.25) is 0 Å². The van der Waals surface area contributed by atoms with Gasteiger partial charge in [-0.05, 0) is 25.1 Å². The third-order valence-corrected chi connectivity index (χ3v) is 4.17. The molecule has 0 amide bonds. The van der Waals surface area contributed by atoms with Gasteiger partial charge in [-0.15, -0.1) is 0 Å². The summed E-state index contributed by atoms with van der Waals surface area (Å²) in [6.07, 6.45) is -0.690. The molecule has 0 bridgehead atoms. The van der Waals surface area contributed by atoms with Crippen molar-refractivity contribution >= 4 is 23.3 Å². The van der Waals surface area contributed by atoms with Gasteiger partial charge in [0.1, 0.15) is 11.5 Å². The SMILES string of the molecule is Cc1onc(-c2ccccc2)c1C1Nc2cc(Cl)ccc2C(=O)O1. The first-order chi connectivity index (χ1) is 11.6. The number of anilines is 1. The van der Waals surface area contributed by atoms with E-state index in [0.717, 1.165) is 5.56 Å². The second-order valence-corrected chi connectivity index (χ2v) is 5.92. The summed E-state index contributed by atoms with van der Waals surface area (Å²) >= 11 is 6.03. The largest absolute Gasteiger partial charge is 0.433 e. The number of hydrogen-bond donors (Lipinski definition) is 1. The van der Waals surface area contributed by atoms with Gasteiger partial charge in [0, 0.05) is 10.6 Å². The molecule has 3 aromatic rings. The summed E-state index contributed by atoms with van der Waals surface area (Å²) in [4.78, 5) is 12.3. The summed E-state index contributed by atoms with van der Waals surface area (Å²) in [7, 11) is 0. The average Bonchev–Trinajstić information content (AvgIpc) is 2.97. The molecule has 1 aliphatic heterocycles. The molecule has 0 saturated heterocycles. The standard InChI is InChI=1S/C18H13ClN2O3/c1-10-15(16(21-24-10)11-5-3-2-4-6-11)17-20-14-9-12(19)7-8-13(14)18(22)23-17/h2-9,17,20H,1H3. The van der Waals surface area contributed by atoms with Crippen molar-refractivity contribution in [3.8, 4) is 11.3 Å². The third kappa shape index (κ3) is 2.43. The molecule has 2 heterocycles. The zero-order valence-electron chi connectivity index (χ0n) is 12.7. The second kappa shape index (κ2) is 5.69. The van der Waals surface area contributed by atoms with E-state index < -0.39 is 12.2 Å². The van der Waals surface area contributed by atoms with E-state index in [9.17, 15) is 4.79 Å². The number of benzene rings is 2. The number of aryl methyl sites for hydroxylation is 1. The van der Waals surface area contributed by atoms with Crippen LogP contribution in [-0.4, -0.2) is 11.1 Å². The minimum Gasteiger partial charge on any atom is -0.433 e. The van der Waals surface area contributed by atoms with Crippen LogP contribution >= 0.6 is 11.6 Å². The van der Waals surface area contributed by atoms with Crippen LogP contribution in [0.3, 0.4) is 0 Å². The van der Waals surface area contributed by atoms with Crippen LogP contribution in [0.5, 0.6) is 0 Å². The number of ether oxygens (including phenoxy) is 1. The van der Waals surface area contributed by atoms with Crippen molar-refractivity contribution in [1.29, 1.82) is 0 Å². The fourth-order valence-electron chi connectivity index (χ4n) is 2.78. The number of esters is 1. The van der Waals surface area contributed by atoms with E-state index in [1.165, 1.54) is 0 Å². The van der Waals surface area contributed by atoms with E-state index >= 15 is 0 Å². The number of halogens is 1. The van der Waals surface area contributed by atoms with Crippen molar-refractivity contribution < 1.29 is 14.1 Å². The molecule has 6 heteroatoms. The van der Waals surface area contributed by atoms with E-state index in [2.05, 4.69) is 10.5 Å². The van der Waals surface area contributed by atoms with Crippen LogP contribution in [0, 0.1) is 6.92 Å². The molecule has 5 nitrogen and oxygen atoms in total. The van der Waals surface area contributed by atoms with Crippen LogP contribution in [0.25, 0.3) is 11.3 Å². The van der Waals surface area contributed by atoms with Gasteiger partial charge in [-0.2, -0.15) is 0 Å². The number of fused-ring (bicyclic) bond motifs is 1. The molecule has 1 atom stereocenters. The van der Waals surface area contributed by atoms with Gasteiger partial charge < -0.3 is 14.6 Å². The Bertz CT molecular complexity index is 921. The Kier molecular flexibility index (Phi) is 3.50. The molecule has 0 saturated carbocycles. The zero-order chi connectivity index (χ0) is 16.7. The number of carbonyl (C=O) groups is 1. The fraction of sp³-hybridized carbons (Fsp3) is 0.111. The molecule has 4 rings (SSSR count). The van der Waals surface area contributed by atoms with Crippen LogP contribution < -0.4 is 5.32 Å². The topological polar surface area (TPSA) is 64.4 Å². The number of aromatic nitrogens is 1. The fourth-order valence-corrected chi connectivity index (χ4v) is 2.95. The van der Waals surface area contributed by atoms with Crippen molar-refractivity contribution in [3.05, 3.63) is 70.4 Å². The summed E-state index contributed by atoms with van der Waals surface area (Å²) in [6.45, 7) is 1.79. The number of rotatable bonds is 2. The Morgan fingerprint density at radius 3 is 2.75 bits per heavy atom. The van der Waals surface area contributed by atoms with Crippen molar-refractivity contribution in [1.82, 2.24) is 5.16 Å². The third-order valence-electron chi connectivity index (χ3n) is 3.93. The van der Waals surface area contributed by atoms with Crippen molar-refractivity contribution in [2.75, 3.05) is 5.32 Å². The van der Waals surface area contributed by atoms with Crippen LogP contribution in [0.1, 0.15) is 27.9 Å². The molecule has 1 aliphatic rings. The van der Waals surface area contributed by atoms with Gasteiger partial charge in [0.15, 0.2) is 0 Å². The summed E-state index contributed by atoms with van der Waals surface area (Å²) < 4.78 is 10.9. The quantitative estimate of drug-likeness (QED) is 0.691. The predicted octanol–water partition coefficient (Wildman–Crippen LogP) is 4.58. The molecule has 1 aromatic heterocycles. The van der Waals surface area contributed by atoms with Crippen LogP contribution in [0.2, 0.25) is 5.02 Å². The maximum absolute atomic E-state index is 12.3. The lowest BCUT2D eigenvalue weighted by Gasteiger charge is -2.27. The first-order valence-electron chi connectivity index (χ1n) is 7.42. The van der Waals surface area contributed by atoms with Crippen LogP contribution in [0.15, 0.2) is 53.1 Å². The number of nitrogens with zero attached hydrogens (tertiary/aromatic N) is 1. The molecule has 2 aromatic carbocycles. The number of carbonyl (C=O) groups excluding carboxylic acids is 1. The number of hydrogen-bond acceptors (Lipinski definition) is 5. The van der Waals surface area contributed by atoms with Crippen LogP contribution in [0.4, 0.5) is 5.69 Å². The lowest BCUT2D eigenvalue weighted by Crippen LogP contribution is -2.26. The highest BCUT2D eigenvalue weighted by Crippen LogP contribution is 2.37. The summed E-state index contributed by atoms with van der Waals surface area (Å²) in [5.74, 6) is 0.176. The predicted molar refractivity (Wildman–Crippen MR) is 89.9 cm³/mol. The Labute approximate surface area is 143 Å². The molecule has 1 unspecified atom stereocenters. The van der Waals surface area contributed by atoms with E-state index in [4.69, 9.17) is 20.9 Å². The first kappa shape index (κ1) is 14.8. The average molecular weight is 341 g/mol. The maximum atomic E-state index is 12.3. The Morgan fingerprint density at radius 1 is 1.17 bits per heavy atom. The van der Waals surface area contributed by atoms with Gasteiger partial charge in [-0.1, -0.05) is 47.1 Å². The van der Waals surface area contributed by atoms with Gasteiger partial charge >= 0.3 is 5.97 Å². The van der Waals surface area contributed by atoms with E-state index in [1.807, 2.05) is 30.3 Å². The monoisotopic (exact) mass is 340 g/mol. The summed E-state index contributed by atoms with van der Waals surface area (Å²) in [5.41, 5.74) is 3.30. The zero-order valence-corrected chi connectivity index (χ0v) is 13.5. The van der Waals surface area contributed by atoms with E-state index in [0.29, 0.717) is 33.3 Å². The highest BCUT2D eigenvalue weighted by molar-refractivity contribution is 6.31. The minimum absolute atomic E-state index is 0.412. The van der Waals surface area contributed by atoms with Crippen molar-refractivity contribution in [3.63, 3.8) is 0 Å². The molecule has 0 aliphatic carbocycles. The lowest BCUT2D eigenvalue weighted by atomic mass is 10.0. The van der Waals surface area contributed by atoms with E-state index in [1.54, 1.807) is 25.1 Å². The molecule has 0 fully saturated rings. The highest BCUT2D eigenvalue weighted by atomic mass is 35.5. The highest BCUT2D eigenvalue weighted by Gasteiger charge is 2.32. The smallest absolute Gasteiger partial charge is 0.342 e. The van der Waals surface area contributed by atoms with Gasteiger partial charge in [0.05, 0.1) is 16.8 Å². The van der Waals surface area contributed by atoms with Gasteiger partial charge in [-0.25, -0.2) is 4.79 Å². The minimum atomic E-state index is -0.690. The molecule has 24 heavy (non-hydrogen) atoms. The summed E-state index contributed by atoms with van der Waals surface area (Å²) in [5, 5.41) is 7.86. The number of cyclic esters (lactones) is 1. The van der Waals surface area contributed by atoms with Crippen molar-refractivity contribution in [2.45, 2.75) is 13.2 Å².